The van der Waals surface area contributed by atoms with Crippen LogP contribution in [-0.2, 0) is 22.0 Å². The Morgan fingerprint density at radius 2 is 1.76 bits per heavy atom. The van der Waals surface area contributed by atoms with Crippen LogP contribution in [0.5, 0.6) is 0 Å². The SMILES string of the molecule is CCc1nc(-c2cccc(NC(=O)c3cccc(CS(=O)(=O)c4ccc(C)cc4)c3)c2)no1. The number of nitrogens with one attached hydrogen (secondary N) is 1. The number of nitrogens with zero attached hydrogens (tertiary/aromatic N) is 2. The zero-order valence-corrected chi connectivity index (χ0v) is 19.1. The van der Waals surface area contributed by atoms with Crippen LogP contribution in [0.1, 0.15) is 34.3 Å². The highest BCUT2D eigenvalue weighted by atomic mass is 32.2. The molecule has 7 nitrogen and oxygen atoms in total. The van der Waals surface area contributed by atoms with Gasteiger partial charge in [-0.05, 0) is 48.9 Å². The largest absolute Gasteiger partial charge is 0.339 e. The first-order valence-electron chi connectivity index (χ1n) is 10.5. The lowest BCUT2D eigenvalue weighted by Gasteiger charge is -2.09. The molecule has 0 atom stereocenters. The number of carbonyl (C=O) groups excluding carboxylic acids is 1. The molecule has 0 unspecified atom stereocenters. The maximum Gasteiger partial charge on any atom is 0.255 e. The second kappa shape index (κ2) is 9.38. The van der Waals surface area contributed by atoms with Crippen LogP contribution in [0.15, 0.2) is 82.2 Å². The number of carbonyl (C=O) groups is 1. The van der Waals surface area contributed by atoms with Gasteiger partial charge in [-0.25, -0.2) is 8.42 Å². The van der Waals surface area contributed by atoms with Crippen molar-refractivity contribution in [1.82, 2.24) is 10.1 Å². The summed E-state index contributed by atoms with van der Waals surface area (Å²) in [6, 6.07) is 20.5. The average Bonchev–Trinajstić information content (AvgIpc) is 3.29. The Morgan fingerprint density at radius 3 is 2.48 bits per heavy atom. The number of amides is 1. The van der Waals surface area contributed by atoms with Crippen LogP contribution in [0.25, 0.3) is 11.4 Å². The highest BCUT2D eigenvalue weighted by molar-refractivity contribution is 7.90. The van der Waals surface area contributed by atoms with Gasteiger partial charge < -0.3 is 9.84 Å². The summed E-state index contributed by atoms with van der Waals surface area (Å²) >= 11 is 0. The Labute approximate surface area is 192 Å². The van der Waals surface area contributed by atoms with Gasteiger partial charge in [-0.15, -0.1) is 0 Å². The average molecular weight is 462 g/mol. The topological polar surface area (TPSA) is 102 Å². The third-order valence-electron chi connectivity index (χ3n) is 5.08. The number of aryl methyl sites for hydroxylation is 2. The molecule has 1 aromatic heterocycles. The van der Waals surface area contributed by atoms with Gasteiger partial charge in [-0.3, -0.25) is 4.79 Å². The minimum absolute atomic E-state index is 0.190. The Kier molecular flexibility index (Phi) is 6.37. The van der Waals surface area contributed by atoms with Crippen LogP contribution >= 0.6 is 0 Å². The van der Waals surface area contributed by atoms with Crippen LogP contribution < -0.4 is 5.32 Å². The molecule has 1 amide bonds. The van der Waals surface area contributed by atoms with E-state index in [-0.39, 0.29) is 16.6 Å². The fraction of sp³-hybridized carbons (Fsp3) is 0.160. The summed E-state index contributed by atoms with van der Waals surface area (Å²) in [6.45, 7) is 3.83. The van der Waals surface area contributed by atoms with Gasteiger partial charge in [0, 0.05) is 23.2 Å². The fourth-order valence-electron chi connectivity index (χ4n) is 3.31. The van der Waals surface area contributed by atoms with E-state index >= 15 is 0 Å². The minimum Gasteiger partial charge on any atom is -0.339 e. The number of hydrogen-bond donors (Lipinski definition) is 1. The summed E-state index contributed by atoms with van der Waals surface area (Å²) in [5.74, 6) is 0.455. The van der Waals surface area contributed by atoms with E-state index in [1.54, 1.807) is 66.7 Å². The number of hydrogen-bond acceptors (Lipinski definition) is 6. The van der Waals surface area contributed by atoms with E-state index < -0.39 is 9.84 Å². The molecule has 0 aliphatic rings. The standard InChI is InChI=1S/C25H23N3O4S/c1-3-23-27-24(28-32-23)19-7-5-9-21(15-19)26-25(29)20-8-4-6-18(14-20)16-33(30,31)22-12-10-17(2)11-13-22/h4-15H,3,16H2,1-2H3,(H,26,29). The molecule has 0 fully saturated rings. The highest BCUT2D eigenvalue weighted by Crippen LogP contribution is 2.22. The van der Waals surface area contributed by atoms with Gasteiger partial charge in [0.05, 0.1) is 10.6 Å². The first-order valence-corrected chi connectivity index (χ1v) is 12.1. The van der Waals surface area contributed by atoms with E-state index in [0.29, 0.717) is 40.5 Å². The van der Waals surface area contributed by atoms with E-state index in [1.807, 2.05) is 19.9 Å². The van der Waals surface area contributed by atoms with Crippen molar-refractivity contribution in [3.05, 3.63) is 95.4 Å². The number of sulfone groups is 1. The van der Waals surface area contributed by atoms with Crippen molar-refractivity contribution in [1.29, 1.82) is 0 Å². The molecule has 0 saturated carbocycles. The van der Waals surface area contributed by atoms with Crippen LogP contribution in [0.4, 0.5) is 5.69 Å². The van der Waals surface area contributed by atoms with Crippen molar-refractivity contribution >= 4 is 21.4 Å². The zero-order valence-electron chi connectivity index (χ0n) is 18.3. The normalized spacial score (nSPS) is 11.3. The second-order valence-corrected chi connectivity index (χ2v) is 9.66. The molecule has 0 bridgehead atoms. The van der Waals surface area contributed by atoms with E-state index in [0.717, 1.165) is 5.56 Å². The summed E-state index contributed by atoms with van der Waals surface area (Å²) in [5, 5.41) is 6.80. The molecule has 0 saturated heterocycles. The minimum atomic E-state index is -3.52. The van der Waals surface area contributed by atoms with Gasteiger partial charge in [-0.1, -0.05) is 54.0 Å². The first-order chi connectivity index (χ1) is 15.8. The van der Waals surface area contributed by atoms with Crippen LogP contribution in [0.3, 0.4) is 0 Å². The number of benzene rings is 3. The predicted molar refractivity (Wildman–Crippen MR) is 126 cm³/mol. The van der Waals surface area contributed by atoms with Gasteiger partial charge in [0.2, 0.25) is 11.7 Å². The monoisotopic (exact) mass is 461 g/mol. The molecule has 0 radical (unpaired) electrons. The third-order valence-corrected chi connectivity index (χ3v) is 6.78. The number of rotatable bonds is 7. The van der Waals surface area contributed by atoms with Gasteiger partial charge in [0.1, 0.15) is 0 Å². The maximum atomic E-state index is 12.8. The van der Waals surface area contributed by atoms with E-state index in [4.69, 9.17) is 4.52 Å². The van der Waals surface area contributed by atoms with Crippen LogP contribution in [0.2, 0.25) is 0 Å². The van der Waals surface area contributed by atoms with Gasteiger partial charge >= 0.3 is 0 Å². The smallest absolute Gasteiger partial charge is 0.255 e. The molecule has 0 aliphatic heterocycles. The Balaban J connectivity index is 1.50. The second-order valence-electron chi connectivity index (χ2n) is 7.67. The third kappa shape index (κ3) is 5.35. The van der Waals surface area contributed by atoms with Crippen molar-refractivity contribution in [2.75, 3.05) is 5.32 Å². The quantitative estimate of drug-likeness (QED) is 0.423. The molecule has 168 valence electrons. The molecule has 0 aliphatic carbocycles. The molecular formula is C25H23N3O4S. The summed E-state index contributed by atoms with van der Waals surface area (Å²) in [5.41, 5.74) is 3.18. The lowest BCUT2D eigenvalue weighted by Crippen LogP contribution is -2.13. The first kappa shape index (κ1) is 22.4. The molecule has 1 heterocycles. The Bertz CT molecular complexity index is 1390. The molecule has 1 N–H and O–H groups in total. The lowest BCUT2D eigenvalue weighted by atomic mass is 10.1. The van der Waals surface area contributed by atoms with Gasteiger partial charge in [0.25, 0.3) is 5.91 Å². The Morgan fingerprint density at radius 1 is 1.00 bits per heavy atom. The zero-order chi connectivity index (χ0) is 23.4. The number of anilines is 1. The predicted octanol–water partition coefficient (Wildman–Crippen LogP) is 4.83. The van der Waals surface area contributed by atoms with Gasteiger partial charge in [0.15, 0.2) is 9.84 Å². The van der Waals surface area contributed by atoms with Crippen molar-refractivity contribution in [2.45, 2.75) is 30.9 Å². The molecule has 4 rings (SSSR count). The van der Waals surface area contributed by atoms with Crippen LogP contribution in [-0.4, -0.2) is 24.5 Å². The molecule has 3 aromatic carbocycles. The highest BCUT2D eigenvalue weighted by Gasteiger charge is 2.17. The summed E-state index contributed by atoms with van der Waals surface area (Å²) in [6.07, 6.45) is 0.638. The molecule has 0 spiro atoms. The van der Waals surface area contributed by atoms with Gasteiger partial charge in [-0.2, -0.15) is 4.98 Å². The van der Waals surface area contributed by atoms with Crippen LogP contribution in [0, 0.1) is 6.92 Å². The van der Waals surface area contributed by atoms with Crippen molar-refractivity contribution in [3.63, 3.8) is 0 Å². The maximum absolute atomic E-state index is 12.8. The lowest BCUT2D eigenvalue weighted by molar-refractivity contribution is 0.102. The van der Waals surface area contributed by atoms with Crippen molar-refractivity contribution in [2.24, 2.45) is 0 Å². The van der Waals surface area contributed by atoms with Crippen molar-refractivity contribution in [3.8, 4) is 11.4 Å². The molecular weight excluding hydrogens is 438 g/mol. The van der Waals surface area contributed by atoms with Crippen molar-refractivity contribution < 1.29 is 17.7 Å². The Hall–Kier alpha value is -3.78. The summed E-state index contributed by atoms with van der Waals surface area (Å²) in [7, 11) is -3.52. The fourth-order valence-corrected chi connectivity index (χ4v) is 4.64. The summed E-state index contributed by atoms with van der Waals surface area (Å²) < 4.78 is 30.7. The number of aromatic nitrogens is 2. The van der Waals surface area contributed by atoms with E-state index in [9.17, 15) is 13.2 Å². The van der Waals surface area contributed by atoms with E-state index in [1.165, 1.54) is 0 Å². The summed E-state index contributed by atoms with van der Waals surface area (Å²) in [4.78, 5) is 17.4. The van der Waals surface area contributed by atoms with E-state index in [2.05, 4.69) is 15.5 Å². The molecule has 33 heavy (non-hydrogen) atoms. The molecule has 8 heteroatoms. The molecule has 4 aromatic rings.